The molecule has 0 unspecified atom stereocenters. The van der Waals surface area contributed by atoms with Crippen molar-refractivity contribution in [1.82, 2.24) is 14.3 Å². The molecule has 4 rings (SSSR count). The molecule has 0 bridgehead atoms. The molecule has 144 valence electrons. The van der Waals surface area contributed by atoms with Crippen molar-refractivity contribution < 1.29 is 9.13 Å². The molecule has 0 saturated heterocycles. The number of anilines is 2. The van der Waals surface area contributed by atoms with Crippen LogP contribution in [0.4, 0.5) is 16.0 Å². The summed E-state index contributed by atoms with van der Waals surface area (Å²) in [5.41, 5.74) is 0.238. The van der Waals surface area contributed by atoms with Crippen molar-refractivity contribution >= 4 is 11.6 Å². The number of benzene rings is 2. The first-order chi connectivity index (χ1) is 13.6. The molecular formula is C20H19FN4O3. The van der Waals surface area contributed by atoms with Gasteiger partial charge in [0.25, 0.3) is 0 Å². The topological polar surface area (TPSA) is 69.4 Å². The lowest BCUT2D eigenvalue weighted by Gasteiger charge is -2.18. The maximum Gasteiger partial charge on any atom is 0.333 e. The fourth-order valence-electron chi connectivity index (χ4n) is 3.23. The average molecular weight is 382 g/mol. The maximum atomic E-state index is 13.1. The van der Waals surface area contributed by atoms with Crippen LogP contribution in [0.5, 0.6) is 5.75 Å². The van der Waals surface area contributed by atoms with Gasteiger partial charge in [-0.25, -0.2) is 9.07 Å². The molecule has 0 saturated carbocycles. The van der Waals surface area contributed by atoms with Gasteiger partial charge in [0.15, 0.2) is 0 Å². The van der Waals surface area contributed by atoms with Crippen LogP contribution < -0.4 is 20.8 Å². The average Bonchev–Trinajstić information content (AvgIpc) is 3.12. The predicted molar refractivity (Wildman–Crippen MR) is 103 cm³/mol. The smallest absolute Gasteiger partial charge is 0.333 e. The van der Waals surface area contributed by atoms with Crippen LogP contribution in [0.1, 0.15) is 12.5 Å². The van der Waals surface area contributed by atoms with Gasteiger partial charge < -0.3 is 9.64 Å². The number of rotatable bonds is 5. The van der Waals surface area contributed by atoms with Crippen molar-refractivity contribution in [2.75, 3.05) is 18.1 Å². The molecule has 0 fully saturated rings. The van der Waals surface area contributed by atoms with Crippen molar-refractivity contribution in [2.24, 2.45) is 0 Å². The predicted octanol–water partition coefficient (Wildman–Crippen LogP) is 2.14. The van der Waals surface area contributed by atoms with E-state index in [9.17, 15) is 14.0 Å². The summed E-state index contributed by atoms with van der Waals surface area (Å²) < 4.78 is 21.1. The molecule has 7 nitrogen and oxygen atoms in total. The van der Waals surface area contributed by atoms with Gasteiger partial charge in [-0.15, -0.1) is 5.10 Å². The van der Waals surface area contributed by atoms with E-state index in [4.69, 9.17) is 4.74 Å². The number of hydrogen-bond donors (Lipinski definition) is 0. The molecule has 28 heavy (non-hydrogen) atoms. The second kappa shape index (κ2) is 7.30. The standard InChI is InChI=1S/C20H19FN4O3/c1-2-28-17-9-7-16(8-10-17)23-11-12-24-18(26)19(27)25(22-20(23)24)13-14-3-5-15(21)6-4-14/h3-10H,2,11-13H2,1H3. The van der Waals surface area contributed by atoms with Crippen LogP contribution in [-0.2, 0) is 13.1 Å². The van der Waals surface area contributed by atoms with Crippen molar-refractivity contribution in [2.45, 2.75) is 20.0 Å². The highest BCUT2D eigenvalue weighted by Gasteiger charge is 2.26. The molecular weight excluding hydrogens is 363 g/mol. The highest BCUT2D eigenvalue weighted by molar-refractivity contribution is 5.59. The summed E-state index contributed by atoms with van der Waals surface area (Å²) >= 11 is 0. The summed E-state index contributed by atoms with van der Waals surface area (Å²) in [6, 6.07) is 13.3. The Morgan fingerprint density at radius 3 is 2.39 bits per heavy atom. The fraction of sp³-hybridized carbons (Fsp3) is 0.250. The number of aromatic nitrogens is 3. The van der Waals surface area contributed by atoms with Crippen molar-refractivity contribution in [1.29, 1.82) is 0 Å². The monoisotopic (exact) mass is 382 g/mol. The maximum absolute atomic E-state index is 13.1. The Balaban J connectivity index is 1.70. The SMILES string of the molecule is CCOc1ccc(N2CCn3c2nn(Cc2ccc(F)cc2)c(=O)c3=O)cc1. The molecule has 0 radical (unpaired) electrons. The van der Waals surface area contributed by atoms with Gasteiger partial charge in [-0.05, 0) is 48.9 Å². The third kappa shape index (κ3) is 3.28. The number of hydrogen-bond acceptors (Lipinski definition) is 5. The summed E-state index contributed by atoms with van der Waals surface area (Å²) in [6.07, 6.45) is 0. The summed E-state index contributed by atoms with van der Waals surface area (Å²) in [5.74, 6) is 0.813. The third-order valence-electron chi connectivity index (χ3n) is 4.61. The summed E-state index contributed by atoms with van der Waals surface area (Å²) in [6.45, 7) is 3.52. The molecule has 0 spiro atoms. The van der Waals surface area contributed by atoms with Crippen molar-refractivity contribution in [3.05, 3.63) is 80.6 Å². The zero-order chi connectivity index (χ0) is 19.7. The van der Waals surface area contributed by atoms with Crippen LogP contribution in [0.3, 0.4) is 0 Å². The Bertz CT molecular complexity index is 1100. The van der Waals surface area contributed by atoms with Gasteiger partial charge in [0.2, 0.25) is 5.95 Å². The van der Waals surface area contributed by atoms with E-state index in [1.165, 1.54) is 16.7 Å². The molecule has 8 heteroatoms. The van der Waals surface area contributed by atoms with Crippen molar-refractivity contribution in [3.8, 4) is 5.75 Å². The van der Waals surface area contributed by atoms with Crippen LogP contribution in [-0.4, -0.2) is 27.5 Å². The number of fused-ring (bicyclic) bond motifs is 1. The van der Waals surface area contributed by atoms with Crippen LogP contribution in [0, 0.1) is 5.82 Å². The normalized spacial score (nSPS) is 12.9. The minimum atomic E-state index is -0.693. The van der Waals surface area contributed by atoms with E-state index in [1.807, 2.05) is 36.1 Å². The Kier molecular flexibility index (Phi) is 4.68. The van der Waals surface area contributed by atoms with Gasteiger partial charge in [0.1, 0.15) is 11.6 Å². The van der Waals surface area contributed by atoms with Gasteiger partial charge in [0.05, 0.1) is 13.2 Å². The molecule has 1 aliphatic rings. The van der Waals surface area contributed by atoms with Crippen LogP contribution in [0.15, 0.2) is 58.1 Å². The first-order valence-electron chi connectivity index (χ1n) is 9.03. The Labute approximate surface area is 160 Å². The quantitative estimate of drug-likeness (QED) is 0.633. The minimum Gasteiger partial charge on any atom is -0.494 e. The molecule has 0 atom stereocenters. The van der Waals surface area contributed by atoms with Gasteiger partial charge in [-0.1, -0.05) is 12.1 Å². The lowest BCUT2D eigenvalue weighted by Crippen LogP contribution is -2.42. The molecule has 2 heterocycles. The molecule has 1 aliphatic heterocycles. The van der Waals surface area contributed by atoms with Crippen LogP contribution in [0.25, 0.3) is 0 Å². The molecule has 2 aromatic carbocycles. The first-order valence-corrected chi connectivity index (χ1v) is 9.03. The van der Waals surface area contributed by atoms with Gasteiger partial charge in [-0.2, -0.15) is 0 Å². The zero-order valence-electron chi connectivity index (χ0n) is 15.3. The van der Waals surface area contributed by atoms with E-state index in [-0.39, 0.29) is 12.4 Å². The Hall–Kier alpha value is -3.42. The fourth-order valence-corrected chi connectivity index (χ4v) is 3.23. The van der Waals surface area contributed by atoms with Crippen molar-refractivity contribution in [3.63, 3.8) is 0 Å². The highest BCUT2D eigenvalue weighted by atomic mass is 19.1. The van der Waals surface area contributed by atoms with E-state index in [0.29, 0.717) is 31.2 Å². The molecule has 0 amide bonds. The summed E-state index contributed by atoms with van der Waals surface area (Å²) in [7, 11) is 0. The van der Waals surface area contributed by atoms with Gasteiger partial charge >= 0.3 is 11.1 Å². The van der Waals surface area contributed by atoms with Crippen LogP contribution >= 0.6 is 0 Å². The second-order valence-electron chi connectivity index (χ2n) is 6.42. The molecule has 3 aromatic rings. The van der Waals surface area contributed by atoms with E-state index in [2.05, 4.69) is 5.10 Å². The van der Waals surface area contributed by atoms with Crippen LogP contribution in [0.2, 0.25) is 0 Å². The van der Waals surface area contributed by atoms with E-state index < -0.39 is 11.1 Å². The number of halogens is 1. The molecule has 0 N–H and O–H groups in total. The van der Waals surface area contributed by atoms with E-state index in [0.717, 1.165) is 16.1 Å². The summed E-state index contributed by atoms with van der Waals surface area (Å²) in [5, 5.41) is 4.42. The first kappa shape index (κ1) is 18.0. The van der Waals surface area contributed by atoms with Gasteiger partial charge in [0, 0.05) is 18.8 Å². The van der Waals surface area contributed by atoms with E-state index >= 15 is 0 Å². The number of nitrogens with zero attached hydrogens (tertiary/aromatic N) is 4. The molecule has 1 aromatic heterocycles. The Morgan fingerprint density at radius 2 is 1.71 bits per heavy atom. The number of ether oxygens (including phenoxy) is 1. The lowest BCUT2D eigenvalue weighted by molar-refractivity contribution is 0.340. The lowest BCUT2D eigenvalue weighted by atomic mass is 10.2. The molecule has 0 aliphatic carbocycles. The largest absolute Gasteiger partial charge is 0.494 e. The third-order valence-corrected chi connectivity index (χ3v) is 4.61. The van der Waals surface area contributed by atoms with Gasteiger partial charge in [-0.3, -0.25) is 14.2 Å². The summed E-state index contributed by atoms with van der Waals surface area (Å²) in [4.78, 5) is 26.8. The second-order valence-corrected chi connectivity index (χ2v) is 6.42. The van der Waals surface area contributed by atoms with E-state index in [1.54, 1.807) is 12.1 Å². The minimum absolute atomic E-state index is 0.0965. The Morgan fingerprint density at radius 1 is 1.00 bits per heavy atom. The zero-order valence-corrected chi connectivity index (χ0v) is 15.3. The highest BCUT2D eigenvalue weighted by Crippen LogP contribution is 2.28.